The van der Waals surface area contributed by atoms with Crippen molar-refractivity contribution in [3.63, 3.8) is 0 Å². The first-order valence-corrected chi connectivity index (χ1v) is 6.68. The van der Waals surface area contributed by atoms with Crippen molar-refractivity contribution in [1.82, 2.24) is 10.3 Å². The number of rotatable bonds is 2. The normalized spacial score (nSPS) is 18.9. The smallest absolute Gasteiger partial charge is 0.143 e. The summed E-state index contributed by atoms with van der Waals surface area (Å²) in [5, 5.41) is 5.30. The second kappa shape index (κ2) is 4.48. The van der Waals surface area contributed by atoms with Crippen LogP contribution in [0.4, 0.5) is 0 Å². The van der Waals surface area contributed by atoms with Gasteiger partial charge >= 0.3 is 0 Å². The van der Waals surface area contributed by atoms with Crippen molar-refractivity contribution >= 4 is 22.5 Å². The number of aromatic amines is 1. The number of aromatic nitrogens is 1. The molecule has 0 saturated carbocycles. The van der Waals surface area contributed by atoms with Crippen LogP contribution in [0.3, 0.4) is 0 Å². The molecule has 1 aromatic carbocycles. The van der Waals surface area contributed by atoms with E-state index in [0.29, 0.717) is 6.04 Å². The van der Waals surface area contributed by atoms with Gasteiger partial charge in [-0.2, -0.15) is 0 Å². The summed E-state index contributed by atoms with van der Waals surface area (Å²) in [5.41, 5.74) is 3.64. The molecule has 3 rings (SSSR count). The van der Waals surface area contributed by atoms with E-state index in [-0.39, 0.29) is 0 Å². The van der Waals surface area contributed by atoms with Gasteiger partial charge in [-0.15, -0.1) is 0 Å². The Hall–Kier alpha value is -1.19. The number of benzene rings is 1. The first kappa shape index (κ1) is 11.9. The topological polar surface area (TPSA) is 37.0 Å². The second-order valence-corrected chi connectivity index (χ2v) is 5.16. The summed E-state index contributed by atoms with van der Waals surface area (Å²) in [6.45, 7) is 0. The van der Waals surface area contributed by atoms with E-state index in [9.17, 15) is 0 Å². The number of nitrogens with one attached hydrogen (secondary N) is 2. The predicted octanol–water partition coefficient (Wildman–Crippen LogP) is 3.43. The third kappa shape index (κ3) is 1.62. The fraction of sp³-hybridized carbons (Fsp3) is 0.429. The maximum atomic E-state index is 6.36. The van der Waals surface area contributed by atoms with Gasteiger partial charge in [0.1, 0.15) is 5.75 Å². The Morgan fingerprint density at radius 1 is 1.44 bits per heavy atom. The summed E-state index contributed by atoms with van der Waals surface area (Å²) < 4.78 is 5.42. The molecule has 3 nitrogen and oxygen atoms in total. The Bertz CT molecular complexity index is 591. The van der Waals surface area contributed by atoms with Crippen LogP contribution in [0.2, 0.25) is 5.02 Å². The standard InChI is InChI=1S/C14H17ClN2O/c1-16-10-5-3-4-8-12-9(15)6-7-11(18-2)14(12)17-13(8)10/h6-7,10,16-17H,3-5H2,1-2H3. The minimum Gasteiger partial charge on any atom is -0.495 e. The minimum absolute atomic E-state index is 0.391. The summed E-state index contributed by atoms with van der Waals surface area (Å²) in [4.78, 5) is 3.51. The van der Waals surface area contributed by atoms with E-state index < -0.39 is 0 Å². The van der Waals surface area contributed by atoms with Gasteiger partial charge in [-0.1, -0.05) is 11.6 Å². The van der Waals surface area contributed by atoms with Gasteiger partial charge in [0.2, 0.25) is 0 Å². The van der Waals surface area contributed by atoms with Crippen LogP contribution < -0.4 is 10.1 Å². The average molecular weight is 265 g/mol. The Kier molecular flexibility index (Phi) is 2.96. The van der Waals surface area contributed by atoms with E-state index in [2.05, 4.69) is 10.3 Å². The Balaban J connectivity index is 2.31. The predicted molar refractivity (Wildman–Crippen MR) is 74.6 cm³/mol. The molecule has 4 heteroatoms. The van der Waals surface area contributed by atoms with Crippen LogP contribution in [0, 0.1) is 0 Å². The van der Waals surface area contributed by atoms with Gasteiger partial charge in [0.25, 0.3) is 0 Å². The lowest BCUT2D eigenvalue weighted by molar-refractivity contribution is 0.418. The molecule has 0 spiro atoms. The SMILES string of the molecule is CNC1CCCc2c1[nH]c1c(OC)ccc(Cl)c21. The zero-order chi connectivity index (χ0) is 12.7. The molecule has 2 N–H and O–H groups in total. The highest BCUT2D eigenvalue weighted by molar-refractivity contribution is 6.36. The average Bonchev–Trinajstić information content (AvgIpc) is 2.79. The molecular weight excluding hydrogens is 248 g/mol. The number of hydrogen-bond donors (Lipinski definition) is 2. The highest BCUT2D eigenvalue weighted by Crippen LogP contribution is 2.40. The Morgan fingerprint density at radius 3 is 3.00 bits per heavy atom. The van der Waals surface area contributed by atoms with E-state index >= 15 is 0 Å². The number of methoxy groups -OCH3 is 1. The molecule has 0 radical (unpaired) electrons. The number of H-pyrrole nitrogens is 1. The van der Waals surface area contributed by atoms with Gasteiger partial charge in [0, 0.05) is 17.1 Å². The van der Waals surface area contributed by atoms with Crippen molar-refractivity contribution in [2.45, 2.75) is 25.3 Å². The summed E-state index contributed by atoms with van der Waals surface area (Å²) in [5.74, 6) is 0.860. The molecule has 2 aromatic rings. The fourth-order valence-electron chi connectivity index (χ4n) is 2.97. The lowest BCUT2D eigenvalue weighted by atomic mass is 9.92. The molecule has 1 unspecified atom stereocenters. The zero-order valence-electron chi connectivity index (χ0n) is 10.6. The van der Waals surface area contributed by atoms with Gasteiger partial charge in [-0.25, -0.2) is 0 Å². The summed E-state index contributed by atoms with van der Waals surface area (Å²) in [6.07, 6.45) is 3.44. The molecule has 0 aliphatic heterocycles. The van der Waals surface area contributed by atoms with Crippen LogP contribution in [0.15, 0.2) is 12.1 Å². The lowest BCUT2D eigenvalue weighted by Gasteiger charge is -2.21. The van der Waals surface area contributed by atoms with E-state index in [4.69, 9.17) is 16.3 Å². The molecular formula is C14H17ClN2O. The maximum absolute atomic E-state index is 6.36. The van der Waals surface area contributed by atoms with Crippen LogP contribution in [-0.4, -0.2) is 19.1 Å². The summed E-state index contributed by atoms with van der Waals surface area (Å²) in [6, 6.07) is 4.22. The van der Waals surface area contributed by atoms with Crippen molar-refractivity contribution in [3.05, 3.63) is 28.4 Å². The molecule has 0 bridgehead atoms. The highest BCUT2D eigenvalue weighted by atomic mass is 35.5. The van der Waals surface area contributed by atoms with Gasteiger partial charge < -0.3 is 15.0 Å². The van der Waals surface area contributed by atoms with E-state index in [1.54, 1.807) is 7.11 Å². The molecule has 1 aliphatic carbocycles. The Morgan fingerprint density at radius 2 is 2.28 bits per heavy atom. The van der Waals surface area contributed by atoms with Crippen molar-refractivity contribution < 1.29 is 4.74 Å². The van der Waals surface area contributed by atoms with Gasteiger partial charge in [-0.3, -0.25) is 0 Å². The van der Waals surface area contributed by atoms with Gasteiger partial charge in [-0.05, 0) is 44.0 Å². The molecule has 1 heterocycles. The molecule has 1 atom stereocenters. The number of fused-ring (bicyclic) bond motifs is 3. The number of hydrogen-bond acceptors (Lipinski definition) is 2. The second-order valence-electron chi connectivity index (χ2n) is 4.75. The van der Waals surface area contributed by atoms with Crippen LogP contribution in [-0.2, 0) is 6.42 Å². The maximum Gasteiger partial charge on any atom is 0.143 e. The number of aryl methyl sites for hydroxylation is 1. The van der Waals surface area contributed by atoms with Gasteiger partial charge in [0.05, 0.1) is 17.6 Å². The van der Waals surface area contributed by atoms with Crippen molar-refractivity contribution in [2.24, 2.45) is 0 Å². The lowest BCUT2D eigenvalue weighted by Crippen LogP contribution is -2.21. The van der Waals surface area contributed by atoms with Crippen LogP contribution in [0.25, 0.3) is 10.9 Å². The quantitative estimate of drug-likeness (QED) is 0.872. The van der Waals surface area contributed by atoms with Gasteiger partial charge in [0.15, 0.2) is 0 Å². The molecule has 1 aromatic heterocycles. The Labute approximate surface area is 111 Å². The monoisotopic (exact) mass is 264 g/mol. The van der Waals surface area contributed by atoms with E-state index in [0.717, 1.165) is 34.5 Å². The largest absolute Gasteiger partial charge is 0.495 e. The molecule has 18 heavy (non-hydrogen) atoms. The number of ether oxygens (including phenoxy) is 1. The van der Waals surface area contributed by atoms with E-state index in [1.165, 1.54) is 17.7 Å². The van der Waals surface area contributed by atoms with Crippen molar-refractivity contribution in [2.75, 3.05) is 14.2 Å². The van der Waals surface area contributed by atoms with Crippen molar-refractivity contribution in [3.8, 4) is 5.75 Å². The third-order valence-corrected chi connectivity index (χ3v) is 4.15. The summed E-state index contributed by atoms with van der Waals surface area (Å²) in [7, 11) is 3.70. The van der Waals surface area contributed by atoms with Crippen molar-refractivity contribution in [1.29, 1.82) is 0 Å². The third-order valence-electron chi connectivity index (χ3n) is 3.84. The van der Waals surface area contributed by atoms with Crippen LogP contribution in [0.5, 0.6) is 5.75 Å². The zero-order valence-corrected chi connectivity index (χ0v) is 11.4. The first-order chi connectivity index (χ1) is 8.76. The fourth-order valence-corrected chi connectivity index (χ4v) is 3.24. The molecule has 0 amide bonds. The van der Waals surface area contributed by atoms with E-state index in [1.807, 2.05) is 19.2 Å². The minimum atomic E-state index is 0.391. The van der Waals surface area contributed by atoms with Crippen LogP contribution in [0.1, 0.15) is 30.1 Å². The highest BCUT2D eigenvalue weighted by Gasteiger charge is 2.25. The first-order valence-electron chi connectivity index (χ1n) is 6.30. The molecule has 96 valence electrons. The molecule has 0 fully saturated rings. The summed E-state index contributed by atoms with van der Waals surface area (Å²) >= 11 is 6.36. The van der Waals surface area contributed by atoms with Crippen LogP contribution >= 0.6 is 11.6 Å². The number of halogens is 1. The molecule has 1 aliphatic rings. The molecule has 0 saturated heterocycles.